The Morgan fingerprint density at radius 2 is 2.05 bits per heavy atom. The highest BCUT2D eigenvalue weighted by Gasteiger charge is 2.24. The second-order valence-electron chi connectivity index (χ2n) is 6.48. The zero-order chi connectivity index (χ0) is 14.4. The number of nitrogens with zero attached hydrogens (tertiary/aromatic N) is 2. The molecule has 2 aliphatic rings. The summed E-state index contributed by atoms with van der Waals surface area (Å²) in [6, 6.07) is 0.0650. The summed E-state index contributed by atoms with van der Waals surface area (Å²) in [5, 5.41) is 6.38. The van der Waals surface area contributed by atoms with E-state index in [1.807, 2.05) is 0 Å². The van der Waals surface area contributed by atoms with Crippen molar-refractivity contribution in [1.82, 2.24) is 20.4 Å². The van der Waals surface area contributed by atoms with Gasteiger partial charge < -0.3 is 20.4 Å². The standard InChI is InChI=1S/C15H30N4O/c1-18(2)10-11-19-8-5-13(6-9-19)12-17-15(20)14-4-3-7-16-14/h13-14,16H,3-12H2,1-2H3,(H,17,20)/t14-/m0/s1. The van der Waals surface area contributed by atoms with Crippen LogP contribution in [-0.4, -0.2) is 75.1 Å². The minimum absolute atomic E-state index is 0.0650. The number of carbonyl (C=O) groups excluding carboxylic acids is 1. The molecule has 2 saturated heterocycles. The smallest absolute Gasteiger partial charge is 0.237 e. The molecule has 2 fully saturated rings. The van der Waals surface area contributed by atoms with E-state index in [0.717, 1.165) is 39.0 Å². The van der Waals surface area contributed by atoms with Gasteiger partial charge in [0.05, 0.1) is 6.04 Å². The molecule has 1 atom stereocenters. The van der Waals surface area contributed by atoms with Crippen LogP contribution in [-0.2, 0) is 4.79 Å². The molecule has 2 N–H and O–H groups in total. The summed E-state index contributed by atoms with van der Waals surface area (Å²) < 4.78 is 0. The Balaban J connectivity index is 1.58. The molecular weight excluding hydrogens is 252 g/mol. The van der Waals surface area contributed by atoms with Gasteiger partial charge in [-0.3, -0.25) is 4.79 Å². The third kappa shape index (κ3) is 5.04. The Bertz CT molecular complexity index is 294. The molecule has 116 valence electrons. The van der Waals surface area contributed by atoms with Gasteiger partial charge in [-0.2, -0.15) is 0 Å². The molecule has 2 heterocycles. The number of nitrogens with one attached hydrogen (secondary N) is 2. The van der Waals surface area contributed by atoms with Gasteiger partial charge in [0.2, 0.25) is 5.91 Å². The molecule has 2 rings (SSSR count). The maximum Gasteiger partial charge on any atom is 0.237 e. The first-order valence-corrected chi connectivity index (χ1v) is 8.03. The van der Waals surface area contributed by atoms with Gasteiger partial charge in [0, 0.05) is 19.6 Å². The van der Waals surface area contributed by atoms with Crippen molar-refractivity contribution in [3.05, 3.63) is 0 Å². The SMILES string of the molecule is CN(C)CCN1CCC(CNC(=O)[C@@H]2CCCN2)CC1. The lowest BCUT2D eigenvalue weighted by molar-refractivity contribution is -0.123. The fourth-order valence-corrected chi connectivity index (χ4v) is 3.03. The van der Waals surface area contributed by atoms with Crippen LogP contribution in [0.5, 0.6) is 0 Å². The molecule has 0 spiro atoms. The molecular formula is C15H30N4O. The topological polar surface area (TPSA) is 47.6 Å². The van der Waals surface area contributed by atoms with E-state index >= 15 is 0 Å². The summed E-state index contributed by atoms with van der Waals surface area (Å²) in [7, 11) is 4.25. The quantitative estimate of drug-likeness (QED) is 0.727. The molecule has 20 heavy (non-hydrogen) atoms. The van der Waals surface area contributed by atoms with Gasteiger partial charge in [-0.05, 0) is 65.3 Å². The normalized spacial score (nSPS) is 25.2. The highest BCUT2D eigenvalue weighted by molar-refractivity contribution is 5.81. The molecule has 0 radical (unpaired) electrons. The van der Waals surface area contributed by atoms with Crippen molar-refractivity contribution in [2.45, 2.75) is 31.7 Å². The van der Waals surface area contributed by atoms with E-state index < -0.39 is 0 Å². The Morgan fingerprint density at radius 3 is 2.65 bits per heavy atom. The fourth-order valence-electron chi connectivity index (χ4n) is 3.03. The van der Waals surface area contributed by atoms with Gasteiger partial charge in [0.25, 0.3) is 0 Å². The van der Waals surface area contributed by atoms with E-state index in [0.29, 0.717) is 5.92 Å². The molecule has 1 amide bonds. The van der Waals surface area contributed by atoms with Gasteiger partial charge in [-0.25, -0.2) is 0 Å². The second-order valence-corrected chi connectivity index (χ2v) is 6.48. The first-order chi connectivity index (χ1) is 9.65. The van der Waals surface area contributed by atoms with E-state index in [-0.39, 0.29) is 11.9 Å². The summed E-state index contributed by atoms with van der Waals surface area (Å²) in [5.41, 5.74) is 0. The third-order valence-electron chi connectivity index (χ3n) is 4.51. The summed E-state index contributed by atoms with van der Waals surface area (Å²) in [5.74, 6) is 0.869. The van der Waals surface area contributed by atoms with Crippen LogP contribution in [0.1, 0.15) is 25.7 Å². The molecule has 5 nitrogen and oxygen atoms in total. The fraction of sp³-hybridized carbons (Fsp3) is 0.933. The second kappa shape index (κ2) is 7.96. The van der Waals surface area contributed by atoms with Crippen LogP contribution in [0.2, 0.25) is 0 Å². The van der Waals surface area contributed by atoms with Gasteiger partial charge in [-0.15, -0.1) is 0 Å². The summed E-state index contributed by atoms with van der Waals surface area (Å²) in [6.45, 7) is 6.50. The highest BCUT2D eigenvalue weighted by atomic mass is 16.2. The molecule has 0 aromatic carbocycles. The number of amides is 1. The van der Waals surface area contributed by atoms with Crippen molar-refractivity contribution < 1.29 is 4.79 Å². The van der Waals surface area contributed by atoms with Crippen molar-refractivity contribution in [2.24, 2.45) is 5.92 Å². The molecule has 0 aromatic rings. The number of piperidine rings is 1. The van der Waals surface area contributed by atoms with E-state index in [1.165, 1.54) is 25.9 Å². The Hall–Kier alpha value is -0.650. The number of hydrogen-bond acceptors (Lipinski definition) is 4. The van der Waals surface area contributed by atoms with Crippen molar-refractivity contribution in [1.29, 1.82) is 0 Å². The lowest BCUT2D eigenvalue weighted by Gasteiger charge is -2.32. The number of likely N-dealkylation sites (N-methyl/N-ethyl adjacent to an activating group) is 1. The average molecular weight is 282 g/mol. The van der Waals surface area contributed by atoms with Crippen molar-refractivity contribution in [3.8, 4) is 0 Å². The molecule has 0 bridgehead atoms. The van der Waals surface area contributed by atoms with E-state index in [9.17, 15) is 4.79 Å². The first kappa shape index (κ1) is 15.7. The zero-order valence-corrected chi connectivity index (χ0v) is 13.0. The van der Waals surface area contributed by atoms with Gasteiger partial charge in [0.15, 0.2) is 0 Å². The maximum absolute atomic E-state index is 11.9. The van der Waals surface area contributed by atoms with Crippen LogP contribution in [0, 0.1) is 5.92 Å². The highest BCUT2D eigenvalue weighted by Crippen LogP contribution is 2.16. The monoisotopic (exact) mass is 282 g/mol. The van der Waals surface area contributed by atoms with Crippen molar-refractivity contribution in [3.63, 3.8) is 0 Å². The zero-order valence-electron chi connectivity index (χ0n) is 13.0. The van der Waals surface area contributed by atoms with Gasteiger partial charge in [0.1, 0.15) is 0 Å². The Morgan fingerprint density at radius 1 is 1.30 bits per heavy atom. The van der Waals surface area contributed by atoms with Crippen LogP contribution in [0.25, 0.3) is 0 Å². The third-order valence-corrected chi connectivity index (χ3v) is 4.51. The average Bonchev–Trinajstić information content (AvgIpc) is 2.98. The first-order valence-electron chi connectivity index (χ1n) is 8.03. The summed E-state index contributed by atoms with van der Waals surface area (Å²) in [4.78, 5) is 16.7. The lowest BCUT2D eigenvalue weighted by Crippen LogP contribution is -2.44. The number of rotatable bonds is 6. The summed E-state index contributed by atoms with van der Waals surface area (Å²) in [6.07, 6.45) is 4.55. The minimum Gasteiger partial charge on any atom is -0.354 e. The van der Waals surface area contributed by atoms with Crippen LogP contribution >= 0.6 is 0 Å². The number of carbonyl (C=O) groups is 1. The van der Waals surface area contributed by atoms with E-state index in [1.54, 1.807) is 0 Å². The predicted molar refractivity (Wildman–Crippen MR) is 81.8 cm³/mol. The van der Waals surface area contributed by atoms with Gasteiger partial charge in [-0.1, -0.05) is 0 Å². The molecule has 2 aliphatic heterocycles. The predicted octanol–water partition coefficient (Wildman–Crippen LogP) is 0.128. The molecule has 0 unspecified atom stereocenters. The minimum atomic E-state index is 0.0650. The summed E-state index contributed by atoms with van der Waals surface area (Å²) >= 11 is 0. The van der Waals surface area contributed by atoms with Crippen molar-refractivity contribution >= 4 is 5.91 Å². The Labute approximate surface area is 123 Å². The number of likely N-dealkylation sites (tertiary alicyclic amines) is 1. The van der Waals surface area contributed by atoms with Crippen molar-refractivity contribution in [2.75, 3.05) is 53.4 Å². The maximum atomic E-state index is 11.9. The van der Waals surface area contributed by atoms with Crippen LogP contribution < -0.4 is 10.6 Å². The molecule has 0 aromatic heterocycles. The largest absolute Gasteiger partial charge is 0.354 e. The molecule has 0 saturated carbocycles. The van der Waals surface area contributed by atoms with Crippen LogP contribution in [0.4, 0.5) is 0 Å². The van der Waals surface area contributed by atoms with E-state index in [4.69, 9.17) is 0 Å². The number of hydrogen-bond donors (Lipinski definition) is 2. The van der Waals surface area contributed by atoms with Crippen LogP contribution in [0.15, 0.2) is 0 Å². The van der Waals surface area contributed by atoms with E-state index in [2.05, 4.69) is 34.5 Å². The lowest BCUT2D eigenvalue weighted by atomic mass is 9.96. The van der Waals surface area contributed by atoms with Gasteiger partial charge >= 0.3 is 0 Å². The van der Waals surface area contributed by atoms with Crippen LogP contribution in [0.3, 0.4) is 0 Å². The molecule has 5 heteroatoms. The molecule has 0 aliphatic carbocycles. The Kier molecular flexibility index (Phi) is 6.26.